The van der Waals surface area contributed by atoms with Gasteiger partial charge in [0.05, 0.1) is 22.0 Å². The molecule has 0 rings (SSSR count). The Morgan fingerprint density at radius 2 is 1.63 bits per heavy atom. The van der Waals surface area contributed by atoms with E-state index in [4.69, 9.17) is 10.3 Å². The standard InChI is InChI=1S/C15H29N4O7P3S/c1-6(25-27)10(14(24)26-28)19-12(22)8(5-9(16)21)18-13(23)11(17-7(2)20)15(3,4)30-29/h6,8,10-11H,5,27-29H2,1-4H3,(H2,16,21)(H,17,20)(H,18,23)(H,19,22)/t6-,8+,10+,11-/m1/s1. The first-order valence-corrected chi connectivity index (χ1v) is 11.8. The first-order chi connectivity index (χ1) is 13.8. The van der Waals surface area contributed by atoms with Gasteiger partial charge in [0.25, 0.3) is 0 Å². The average molecular weight is 502 g/mol. The molecule has 0 aliphatic heterocycles. The van der Waals surface area contributed by atoms with E-state index in [0.717, 1.165) is 0 Å². The normalized spacial score (nSPS) is 15.2. The third kappa shape index (κ3) is 9.40. The van der Waals surface area contributed by atoms with Crippen LogP contribution >= 0.6 is 38.8 Å². The van der Waals surface area contributed by atoms with Crippen LogP contribution in [0, 0.1) is 0 Å². The number of rotatable bonds is 12. The summed E-state index contributed by atoms with van der Waals surface area (Å²) in [5.74, 6) is -3.68. The lowest BCUT2D eigenvalue weighted by atomic mass is 10.0. The average Bonchev–Trinajstić information content (AvgIpc) is 2.67. The Morgan fingerprint density at radius 1 is 1.07 bits per heavy atom. The minimum absolute atomic E-state index is 0.451. The Hall–Kier alpha value is -1.05. The zero-order chi connectivity index (χ0) is 23.6. The summed E-state index contributed by atoms with van der Waals surface area (Å²) in [7, 11) is 6.13. The quantitative estimate of drug-likeness (QED) is 0.251. The minimum atomic E-state index is -1.40. The van der Waals surface area contributed by atoms with Gasteiger partial charge in [0.1, 0.15) is 12.1 Å². The highest BCUT2D eigenvalue weighted by Crippen LogP contribution is 2.33. The fraction of sp³-hybridized carbons (Fsp3) is 0.667. The molecule has 7 atom stereocenters. The van der Waals surface area contributed by atoms with Gasteiger partial charge in [-0.05, 0) is 20.8 Å². The molecule has 0 saturated carbocycles. The number of nitrogens with two attached hydrogens (primary N) is 1. The molecule has 0 radical (unpaired) electrons. The zero-order valence-corrected chi connectivity index (χ0v) is 21.4. The van der Waals surface area contributed by atoms with E-state index in [1.165, 1.54) is 25.2 Å². The molecule has 3 unspecified atom stereocenters. The van der Waals surface area contributed by atoms with Crippen LogP contribution < -0.4 is 21.7 Å². The van der Waals surface area contributed by atoms with Crippen LogP contribution in [0.25, 0.3) is 0 Å². The van der Waals surface area contributed by atoms with Crippen LogP contribution in [0.4, 0.5) is 0 Å². The molecule has 0 aromatic heterocycles. The van der Waals surface area contributed by atoms with Gasteiger partial charge in [0.15, 0.2) is 6.04 Å². The molecule has 0 fully saturated rings. The van der Waals surface area contributed by atoms with Crippen LogP contribution in [0.5, 0.6) is 0 Å². The summed E-state index contributed by atoms with van der Waals surface area (Å²) in [6, 6.07) is -3.64. The van der Waals surface area contributed by atoms with Crippen molar-refractivity contribution in [2.24, 2.45) is 5.73 Å². The lowest BCUT2D eigenvalue weighted by Gasteiger charge is -2.33. The van der Waals surface area contributed by atoms with E-state index in [-0.39, 0.29) is 0 Å². The van der Waals surface area contributed by atoms with Crippen LogP contribution in [0.15, 0.2) is 0 Å². The maximum absolute atomic E-state index is 12.8. The number of carbonyl (C=O) groups excluding carboxylic acids is 5. The monoisotopic (exact) mass is 502 g/mol. The molecule has 4 amide bonds. The fourth-order valence-electron chi connectivity index (χ4n) is 2.27. The summed E-state index contributed by atoms with van der Waals surface area (Å²) < 4.78 is 8.78. The maximum atomic E-state index is 12.8. The Bertz CT molecular complexity index is 668. The van der Waals surface area contributed by atoms with Crippen molar-refractivity contribution in [2.45, 2.75) is 63.1 Å². The molecule has 0 aromatic carbocycles. The van der Waals surface area contributed by atoms with Crippen molar-refractivity contribution in [3.63, 3.8) is 0 Å². The molecule has 172 valence electrons. The van der Waals surface area contributed by atoms with Crippen LogP contribution in [-0.4, -0.2) is 58.6 Å². The van der Waals surface area contributed by atoms with Gasteiger partial charge in [-0.2, -0.15) is 0 Å². The van der Waals surface area contributed by atoms with Gasteiger partial charge < -0.3 is 30.7 Å². The molecule has 0 heterocycles. The van der Waals surface area contributed by atoms with Crippen LogP contribution in [0.2, 0.25) is 0 Å². The van der Waals surface area contributed by atoms with Crippen molar-refractivity contribution in [3.8, 4) is 0 Å². The van der Waals surface area contributed by atoms with Crippen molar-refractivity contribution in [2.75, 3.05) is 0 Å². The predicted octanol–water partition coefficient (Wildman–Crippen LogP) is -0.833. The van der Waals surface area contributed by atoms with Crippen molar-refractivity contribution in [1.82, 2.24) is 16.0 Å². The number of amides is 4. The van der Waals surface area contributed by atoms with Crippen LogP contribution in [-0.2, 0) is 33.0 Å². The molecule has 5 N–H and O–H groups in total. The number of hydrogen-bond donors (Lipinski definition) is 4. The summed E-state index contributed by atoms with van der Waals surface area (Å²) in [6.07, 6.45) is -1.33. The first kappa shape index (κ1) is 28.9. The Morgan fingerprint density at radius 3 is 2.03 bits per heavy atom. The SMILES string of the molecule is CC(=O)N[C@H](C(=O)N[C@@H](CC(N)=O)C(=O)N[C@H](C(=O)OP)[C@@H](C)OP)C(C)(C)SP. The molecule has 11 nitrogen and oxygen atoms in total. The minimum Gasteiger partial charge on any atom is -0.450 e. The topological polar surface area (TPSA) is 166 Å². The fourth-order valence-corrected chi connectivity index (χ4v) is 3.28. The number of primary amides is 1. The highest BCUT2D eigenvalue weighted by molar-refractivity contribution is 8.44. The van der Waals surface area contributed by atoms with Crippen LogP contribution in [0.1, 0.15) is 34.1 Å². The molecule has 30 heavy (non-hydrogen) atoms. The predicted molar refractivity (Wildman–Crippen MR) is 123 cm³/mol. The number of hydrogen-bond acceptors (Lipinski definition) is 8. The molecular weight excluding hydrogens is 473 g/mol. The largest absolute Gasteiger partial charge is 0.450 e. The second-order valence-electron chi connectivity index (χ2n) is 6.85. The van der Waals surface area contributed by atoms with E-state index in [1.54, 1.807) is 23.3 Å². The van der Waals surface area contributed by atoms with E-state index in [9.17, 15) is 24.0 Å². The second kappa shape index (κ2) is 13.4. The highest BCUT2D eigenvalue weighted by atomic mass is 32.7. The van der Waals surface area contributed by atoms with E-state index in [0.29, 0.717) is 0 Å². The third-order valence-electron chi connectivity index (χ3n) is 4.00. The summed E-state index contributed by atoms with van der Waals surface area (Å²) >= 11 is 1.25. The highest BCUT2D eigenvalue weighted by Gasteiger charge is 2.38. The molecule has 15 heteroatoms. The first-order valence-electron chi connectivity index (χ1n) is 8.60. The van der Waals surface area contributed by atoms with Gasteiger partial charge in [-0.1, -0.05) is 8.44 Å². The van der Waals surface area contributed by atoms with E-state index >= 15 is 0 Å². The summed E-state index contributed by atoms with van der Waals surface area (Å²) in [6.45, 7) is 6.20. The Labute approximate surface area is 186 Å². The van der Waals surface area contributed by atoms with Gasteiger partial charge >= 0.3 is 5.97 Å². The molecule has 0 spiro atoms. The van der Waals surface area contributed by atoms with Gasteiger partial charge in [-0.15, -0.1) is 11.4 Å². The third-order valence-corrected chi connectivity index (χ3v) is 7.33. The van der Waals surface area contributed by atoms with Gasteiger partial charge in [0, 0.05) is 21.1 Å². The summed E-state index contributed by atoms with van der Waals surface area (Å²) in [4.78, 5) is 60.5. The Balaban J connectivity index is 5.68. The molecular formula is C15H29N4O7P3S. The number of carbonyl (C=O) groups is 5. The van der Waals surface area contributed by atoms with Gasteiger partial charge in [-0.3, -0.25) is 19.2 Å². The molecule has 0 aliphatic carbocycles. The maximum Gasteiger partial charge on any atom is 0.333 e. The van der Waals surface area contributed by atoms with E-state index < -0.39 is 65.0 Å². The molecule has 0 bridgehead atoms. The van der Waals surface area contributed by atoms with E-state index in [1.807, 2.05) is 9.47 Å². The van der Waals surface area contributed by atoms with Crippen molar-refractivity contribution in [3.05, 3.63) is 0 Å². The van der Waals surface area contributed by atoms with Crippen molar-refractivity contribution < 1.29 is 33.0 Å². The van der Waals surface area contributed by atoms with Crippen molar-refractivity contribution in [1.29, 1.82) is 0 Å². The molecule has 0 aromatic rings. The van der Waals surface area contributed by atoms with Crippen molar-refractivity contribution >= 4 is 68.4 Å². The molecule has 0 saturated heterocycles. The number of nitrogens with one attached hydrogen (secondary N) is 3. The Kier molecular flexibility index (Phi) is 12.9. The summed E-state index contributed by atoms with van der Waals surface area (Å²) in [5.41, 5.74) is 5.21. The zero-order valence-electron chi connectivity index (χ0n) is 17.1. The van der Waals surface area contributed by atoms with E-state index in [2.05, 4.69) is 28.9 Å². The smallest absolute Gasteiger partial charge is 0.333 e. The second-order valence-corrected chi connectivity index (χ2v) is 9.35. The lowest BCUT2D eigenvalue weighted by molar-refractivity contribution is -0.141. The molecule has 0 aliphatic rings. The summed E-state index contributed by atoms with van der Waals surface area (Å²) in [5, 5.41) is 7.33. The van der Waals surface area contributed by atoms with Gasteiger partial charge in [-0.25, -0.2) is 4.79 Å². The lowest BCUT2D eigenvalue weighted by Crippen LogP contribution is -2.61. The van der Waals surface area contributed by atoms with Crippen LogP contribution in [0.3, 0.4) is 0 Å². The van der Waals surface area contributed by atoms with Gasteiger partial charge in [0.2, 0.25) is 23.6 Å².